The van der Waals surface area contributed by atoms with Crippen molar-refractivity contribution in [2.45, 2.75) is 18.2 Å². The number of ether oxygens (including phenoxy) is 2. The molecular formula is C17H17BrO2. The van der Waals surface area contributed by atoms with Crippen LogP contribution in [0.2, 0.25) is 0 Å². The van der Waals surface area contributed by atoms with Crippen LogP contribution in [0.1, 0.15) is 21.5 Å². The smallest absolute Gasteiger partial charge is 0.161 e. The fourth-order valence-electron chi connectivity index (χ4n) is 2.40. The average molecular weight is 333 g/mol. The van der Waals surface area contributed by atoms with E-state index >= 15 is 0 Å². The molecule has 0 aromatic heterocycles. The van der Waals surface area contributed by atoms with Gasteiger partial charge in [-0.3, -0.25) is 0 Å². The topological polar surface area (TPSA) is 18.5 Å². The van der Waals surface area contributed by atoms with E-state index in [0.717, 1.165) is 17.9 Å². The molecule has 1 atom stereocenters. The van der Waals surface area contributed by atoms with Crippen molar-refractivity contribution in [1.82, 2.24) is 0 Å². The van der Waals surface area contributed by atoms with Gasteiger partial charge < -0.3 is 9.47 Å². The van der Waals surface area contributed by atoms with E-state index in [2.05, 4.69) is 59.3 Å². The van der Waals surface area contributed by atoms with Crippen LogP contribution in [0.3, 0.4) is 0 Å². The van der Waals surface area contributed by atoms with Gasteiger partial charge in [-0.2, -0.15) is 0 Å². The zero-order valence-electron chi connectivity index (χ0n) is 11.4. The first-order chi connectivity index (χ1) is 9.74. The van der Waals surface area contributed by atoms with Gasteiger partial charge in [-0.15, -0.1) is 0 Å². The maximum Gasteiger partial charge on any atom is 0.161 e. The largest absolute Gasteiger partial charge is 0.486 e. The Morgan fingerprint density at radius 2 is 1.80 bits per heavy atom. The van der Waals surface area contributed by atoms with Crippen LogP contribution in [0.5, 0.6) is 11.5 Å². The summed E-state index contributed by atoms with van der Waals surface area (Å²) in [4.78, 5) is 0.277. The number of alkyl halides is 1. The zero-order valence-corrected chi connectivity index (χ0v) is 13.0. The van der Waals surface area contributed by atoms with Crippen molar-refractivity contribution in [1.29, 1.82) is 0 Å². The van der Waals surface area contributed by atoms with Crippen LogP contribution < -0.4 is 9.47 Å². The summed E-state index contributed by atoms with van der Waals surface area (Å²) < 4.78 is 11.2. The van der Waals surface area contributed by atoms with Gasteiger partial charge in [-0.1, -0.05) is 46.3 Å². The van der Waals surface area contributed by atoms with Crippen LogP contribution in [0.15, 0.2) is 42.5 Å². The molecule has 2 aromatic rings. The summed E-state index contributed by atoms with van der Waals surface area (Å²) in [6, 6.07) is 14.7. The van der Waals surface area contributed by atoms with Crippen molar-refractivity contribution in [2.24, 2.45) is 0 Å². The molecular weight excluding hydrogens is 316 g/mol. The summed E-state index contributed by atoms with van der Waals surface area (Å²) in [5.74, 6) is 1.69. The van der Waals surface area contributed by atoms with Gasteiger partial charge in [0.2, 0.25) is 0 Å². The Kier molecular flexibility index (Phi) is 3.97. The Bertz CT molecular complexity index is 610. The van der Waals surface area contributed by atoms with Gasteiger partial charge in [-0.05, 0) is 42.2 Å². The molecule has 0 N–H and O–H groups in total. The highest BCUT2D eigenvalue weighted by atomic mass is 79.9. The third kappa shape index (κ3) is 2.83. The van der Waals surface area contributed by atoms with Gasteiger partial charge in [0.1, 0.15) is 13.2 Å². The second-order valence-corrected chi connectivity index (χ2v) is 6.11. The molecule has 0 spiro atoms. The lowest BCUT2D eigenvalue weighted by molar-refractivity contribution is 0.171. The normalized spacial score (nSPS) is 14.9. The molecule has 20 heavy (non-hydrogen) atoms. The van der Waals surface area contributed by atoms with Gasteiger partial charge in [-0.25, -0.2) is 0 Å². The highest BCUT2D eigenvalue weighted by Crippen LogP contribution is 2.36. The van der Waals surface area contributed by atoms with Gasteiger partial charge in [0, 0.05) is 4.83 Å². The average Bonchev–Trinajstić information content (AvgIpc) is 2.49. The van der Waals surface area contributed by atoms with Crippen LogP contribution >= 0.6 is 15.9 Å². The number of benzene rings is 2. The van der Waals surface area contributed by atoms with E-state index in [4.69, 9.17) is 9.47 Å². The minimum Gasteiger partial charge on any atom is -0.486 e. The molecule has 2 nitrogen and oxygen atoms in total. The molecule has 0 radical (unpaired) electrons. The lowest BCUT2D eigenvalue weighted by Gasteiger charge is -2.20. The minimum absolute atomic E-state index is 0.277. The van der Waals surface area contributed by atoms with Gasteiger partial charge in [0.05, 0.1) is 0 Å². The fraction of sp³-hybridized carbons (Fsp3) is 0.294. The molecule has 1 aliphatic rings. The van der Waals surface area contributed by atoms with E-state index in [0.29, 0.717) is 13.2 Å². The number of halogens is 1. The molecule has 1 unspecified atom stereocenters. The van der Waals surface area contributed by atoms with Gasteiger partial charge in [0.25, 0.3) is 0 Å². The van der Waals surface area contributed by atoms with Crippen molar-refractivity contribution in [3.8, 4) is 11.5 Å². The van der Waals surface area contributed by atoms with Crippen LogP contribution in [0.25, 0.3) is 0 Å². The first-order valence-electron chi connectivity index (χ1n) is 6.82. The molecule has 3 heteroatoms. The maximum atomic E-state index is 5.64. The highest BCUT2D eigenvalue weighted by molar-refractivity contribution is 9.09. The number of fused-ring (bicyclic) bond motifs is 1. The lowest BCUT2D eigenvalue weighted by Crippen LogP contribution is -2.15. The molecule has 0 amide bonds. The van der Waals surface area contributed by atoms with Crippen molar-refractivity contribution in [3.63, 3.8) is 0 Å². The second-order valence-electron chi connectivity index (χ2n) is 5.00. The van der Waals surface area contributed by atoms with Crippen molar-refractivity contribution >= 4 is 15.9 Å². The molecule has 2 aromatic carbocycles. The van der Waals surface area contributed by atoms with E-state index in [1.54, 1.807) is 0 Å². The number of hydrogen-bond donors (Lipinski definition) is 0. The maximum absolute atomic E-state index is 5.64. The number of aryl methyl sites for hydroxylation is 1. The molecule has 0 saturated carbocycles. The Morgan fingerprint density at radius 3 is 2.60 bits per heavy atom. The minimum atomic E-state index is 0.277. The van der Waals surface area contributed by atoms with Crippen LogP contribution in [0, 0.1) is 6.92 Å². The van der Waals surface area contributed by atoms with Gasteiger partial charge >= 0.3 is 0 Å². The molecule has 0 saturated heterocycles. The fourth-order valence-corrected chi connectivity index (χ4v) is 3.04. The Morgan fingerprint density at radius 1 is 1.05 bits per heavy atom. The lowest BCUT2D eigenvalue weighted by atomic mass is 10.0. The van der Waals surface area contributed by atoms with Crippen LogP contribution in [0.4, 0.5) is 0 Å². The molecule has 3 rings (SSSR count). The molecule has 104 valence electrons. The summed E-state index contributed by atoms with van der Waals surface area (Å²) >= 11 is 3.79. The molecule has 0 fully saturated rings. The summed E-state index contributed by atoms with van der Waals surface area (Å²) in [5, 5.41) is 0. The number of rotatable bonds is 3. The Hall–Kier alpha value is -1.48. The van der Waals surface area contributed by atoms with Crippen molar-refractivity contribution in [2.75, 3.05) is 13.2 Å². The SMILES string of the molecule is Cc1ccccc1CC(Br)c1ccc2c(c1)OCCO2. The van der Waals surface area contributed by atoms with E-state index in [-0.39, 0.29) is 4.83 Å². The third-order valence-electron chi connectivity index (χ3n) is 3.59. The van der Waals surface area contributed by atoms with E-state index in [9.17, 15) is 0 Å². The molecule has 0 aliphatic carbocycles. The zero-order chi connectivity index (χ0) is 13.9. The third-order valence-corrected chi connectivity index (χ3v) is 4.44. The first-order valence-corrected chi connectivity index (χ1v) is 7.74. The quantitative estimate of drug-likeness (QED) is 0.773. The van der Waals surface area contributed by atoms with Crippen LogP contribution in [-0.2, 0) is 6.42 Å². The van der Waals surface area contributed by atoms with E-state index in [1.165, 1.54) is 16.7 Å². The molecule has 1 heterocycles. The summed E-state index contributed by atoms with van der Waals surface area (Å²) in [6.45, 7) is 3.41. The van der Waals surface area contributed by atoms with Crippen molar-refractivity contribution in [3.05, 3.63) is 59.2 Å². The standard InChI is InChI=1S/C17H17BrO2/c1-12-4-2-3-5-13(12)10-15(18)14-6-7-16-17(11-14)20-9-8-19-16/h2-7,11,15H,8-10H2,1H3. The van der Waals surface area contributed by atoms with E-state index < -0.39 is 0 Å². The van der Waals surface area contributed by atoms with Gasteiger partial charge in [0.15, 0.2) is 11.5 Å². The highest BCUT2D eigenvalue weighted by Gasteiger charge is 2.16. The summed E-state index contributed by atoms with van der Waals surface area (Å²) in [5.41, 5.74) is 3.91. The Labute approximate surface area is 127 Å². The van der Waals surface area contributed by atoms with E-state index in [1.807, 2.05) is 6.07 Å². The predicted octanol–water partition coefficient (Wildman–Crippen LogP) is 4.44. The van der Waals surface area contributed by atoms with Crippen molar-refractivity contribution < 1.29 is 9.47 Å². The number of hydrogen-bond acceptors (Lipinski definition) is 2. The molecule has 1 aliphatic heterocycles. The summed E-state index contributed by atoms with van der Waals surface area (Å²) in [7, 11) is 0. The second kappa shape index (κ2) is 5.88. The summed E-state index contributed by atoms with van der Waals surface area (Å²) in [6.07, 6.45) is 0.965. The predicted molar refractivity (Wildman–Crippen MR) is 84.0 cm³/mol. The monoisotopic (exact) mass is 332 g/mol. The molecule has 0 bridgehead atoms. The Balaban J connectivity index is 1.80. The first kappa shape index (κ1) is 13.5. The van der Waals surface area contributed by atoms with Crippen LogP contribution in [-0.4, -0.2) is 13.2 Å².